The highest BCUT2D eigenvalue weighted by Crippen LogP contribution is 2.32. The zero-order valence-corrected chi connectivity index (χ0v) is 17.4. The summed E-state index contributed by atoms with van der Waals surface area (Å²) in [5.41, 5.74) is 3.47. The summed E-state index contributed by atoms with van der Waals surface area (Å²) in [5, 5.41) is 2.97. The van der Waals surface area contributed by atoms with Crippen LogP contribution in [0.4, 0.5) is 0 Å². The summed E-state index contributed by atoms with van der Waals surface area (Å²) >= 11 is 0. The zero-order valence-electron chi connectivity index (χ0n) is 17.4. The van der Waals surface area contributed by atoms with Crippen LogP contribution in [0.25, 0.3) is 22.5 Å². The smallest absolute Gasteiger partial charge is 0.268 e. The van der Waals surface area contributed by atoms with Crippen LogP contribution in [0.2, 0.25) is 0 Å². The quantitative estimate of drug-likeness (QED) is 0.471. The highest BCUT2D eigenvalue weighted by molar-refractivity contribution is 5.94. The fourth-order valence-corrected chi connectivity index (χ4v) is 3.64. The lowest BCUT2D eigenvalue weighted by Gasteiger charge is -2.08. The van der Waals surface area contributed by atoms with E-state index < -0.39 is 0 Å². The Morgan fingerprint density at radius 3 is 2.52 bits per heavy atom. The molecule has 0 bridgehead atoms. The SMILES string of the molecule is Cc1ccc(CNC(=O)c2cc(-c3cnc(-c4ccccc4)nc3)cn2CC2CC2)o1. The molecule has 1 aromatic carbocycles. The van der Waals surface area contributed by atoms with Crippen LogP contribution in [0.3, 0.4) is 0 Å². The molecule has 3 heterocycles. The number of furan rings is 1. The van der Waals surface area contributed by atoms with E-state index in [-0.39, 0.29) is 5.91 Å². The fraction of sp³-hybridized carbons (Fsp3) is 0.240. The van der Waals surface area contributed by atoms with Crippen LogP contribution >= 0.6 is 0 Å². The van der Waals surface area contributed by atoms with E-state index in [0.717, 1.165) is 34.8 Å². The molecule has 1 N–H and O–H groups in total. The van der Waals surface area contributed by atoms with Gasteiger partial charge >= 0.3 is 0 Å². The minimum Gasteiger partial charge on any atom is -0.465 e. The summed E-state index contributed by atoms with van der Waals surface area (Å²) in [4.78, 5) is 22.0. The summed E-state index contributed by atoms with van der Waals surface area (Å²) in [5.74, 6) is 2.81. The predicted molar refractivity (Wildman–Crippen MR) is 118 cm³/mol. The molecular formula is C25H24N4O2. The molecule has 3 aromatic heterocycles. The molecule has 0 aliphatic heterocycles. The van der Waals surface area contributed by atoms with Crippen molar-refractivity contribution in [2.75, 3.05) is 0 Å². The Morgan fingerprint density at radius 2 is 1.84 bits per heavy atom. The summed E-state index contributed by atoms with van der Waals surface area (Å²) in [6.45, 7) is 3.11. The van der Waals surface area contributed by atoms with Gasteiger partial charge in [-0.2, -0.15) is 0 Å². The minimum atomic E-state index is -0.109. The van der Waals surface area contributed by atoms with Gasteiger partial charge in [-0.3, -0.25) is 4.79 Å². The third-order valence-electron chi connectivity index (χ3n) is 5.52. The molecular weight excluding hydrogens is 388 g/mol. The number of amides is 1. The Kier molecular flexibility index (Phi) is 5.12. The summed E-state index contributed by atoms with van der Waals surface area (Å²) < 4.78 is 7.62. The van der Waals surface area contributed by atoms with E-state index in [1.807, 2.05) is 74.0 Å². The summed E-state index contributed by atoms with van der Waals surface area (Å²) in [7, 11) is 0. The Labute approximate surface area is 181 Å². The molecule has 6 heteroatoms. The maximum atomic E-state index is 12.9. The molecule has 4 aromatic rings. The Bertz CT molecular complexity index is 1190. The molecule has 6 nitrogen and oxygen atoms in total. The molecule has 0 atom stereocenters. The zero-order chi connectivity index (χ0) is 21.2. The van der Waals surface area contributed by atoms with E-state index in [1.165, 1.54) is 12.8 Å². The van der Waals surface area contributed by atoms with Crippen molar-refractivity contribution in [1.82, 2.24) is 19.9 Å². The van der Waals surface area contributed by atoms with Crippen LogP contribution in [0, 0.1) is 12.8 Å². The highest BCUT2D eigenvalue weighted by Gasteiger charge is 2.24. The second-order valence-electron chi connectivity index (χ2n) is 8.07. The van der Waals surface area contributed by atoms with Crippen molar-refractivity contribution in [3.8, 4) is 22.5 Å². The maximum Gasteiger partial charge on any atom is 0.268 e. The van der Waals surface area contributed by atoms with Crippen molar-refractivity contribution >= 4 is 5.91 Å². The van der Waals surface area contributed by atoms with Gasteiger partial charge < -0.3 is 14.3 Å². The average Bonchev–Trinajstić information content (AvgIpc) is 3.36. The summed E-state index contributed by atoms with van der Waals surface area (Å²) in [6.07, 6.45) is 8.11. The lowest BCUT2D eigenvalue weighted by Crippen LogP contribution is -2.25. The molecule has 1 saturated carbocycles. The molecule has 31 heavy (non-hydrogen) atoms. The first-order valence-corrected chi connectivity index (χ1v) is 10.6. The monoisotopic (exact) mass is 412 g/mol. The molecule has 1 aliphatic carbocycles. The number of hydrogen-bond donors (Lipinski definition) is 1. The van der Waals surface area contributed by atoms with Gasteiger partial charge in [0.25, 0.3) is 5.91 Å². The molecule has 156 valence electrons. The number of carbonyl (C=O) groups is 1. The second kappa shape index (κ2) is 8.22. The number of nitrogens with one attached hydrogen (secondary N) is 1. The largest absolute Gasteiger partial charge is 0.465 e. The van der Waals surface area contributed by atoms with Crippen molar-refractivity contribution in [2.24, 2.45) is 5.92 Å². The average molecular weight is 412 g/mol. The number of aryl methyl sites for hydroxylation is 1. The first-order valence-electron chi connectivity index (χ1n) is 10.6. The van der Waals surface area contributed by atoms with Crippen molar-refractivity contribution in [3.05, 3.63) is 84.3 Å². The van der Waals surface area contributed by atoms with Gasteiger partial charge in [0.05, 0.1) is 6.54 Å². The number of rotatable bonds is 7. The fourth-order valence-electron chi connectivity index (χ4n) is 3.64. The van der Waals surface area contributed by atoms with Gasteiger partial charge in [0.1, 0.15) is 17.2 Å². The third kappa shape index (κ3) is 4.43. The lowest BCUT2D eigenvalue weighted by molar-refractivity contribution is 0.0938. The summed E-state index contributed by atoms with van der Waals surface area (Å²) in [6, 6.07) is 15.6. The normalized spacial score (nSPS) is 13.3. The first kappa shape index (κ1) is 19.3. The topological polar surface area (TPSA) is 73.0 Å². The van der Waals surface area contributed by atoms with Crippen LogP contribution in [-0.4, -0.2) is 20.4 Å². The Morgan fingerprint density at radius 1 is 1.06 bits per heavy atom. The Hall–Kier alpha value is -3.67. The van der Waals surface area contributed by atoms with E-state index in [0.29, 0.717) is 24.0 Å². The number of benzene rings is 1. The van der Waals surface area contributed by atoms with E-state index in [2.05, 4.69) is 19.9 Å². The Balaban J connectivity index is 1.37. The third-order valence-corrected chi connectivity index (χ3v) is 5.52. The first-order chi connectivity index (χ1) is 15.2. The van der Waals surface area contributed by atoms with Gasteiger partial charge in [0, 0.05) is 41.8 Å². The number of hydrogen-bond acceptors (Lipinski definition) is 4. The number of aromatic nitrogens is 3. The second-order valence-corrected chi connectivity index (χ2v) is 8.07. The van der Waals surface area contributed by atoms with Gasteiger partial charge in [-0.15, -0.1) is 0 Å². The number of nitrogens with zero attached hydrogens (tertiary/aromatic N) is 3. The van der Waals surface area contributed by atoms with Crippen LogP contribution in [0.5, 0.6) is 0 Å². The molecule has 5 rings (SSSR count). The molecule has 0 spiro atoms. The maximum absolute atomic E-state index is 12.9. The lowest BCUT2D eigenvalue weighted by atomic mass is 10.1. The molecule has 0 saturated heterocycles. The van der Waals surface area contributed by atoms with E-state index in [9.17, 15) is 4.79 Å². The van der Waals surface area contributed by atoms with Crippen molar-refractivity contribution in [1.29, 1.82) is 0 Å². The van der Waals surface area contributed by atoms with Gasteiger partial charge in [-0.1, -0.05) is 30.3 Å². The molecule has 1 fully saturated rings. The van der Waals surface area contributed by atoms with Gasteiger partial charge in [0.2, 0.25) is 0 Å². The highest BCUT2D eigenvalue weighted by atomic mass is 16.3. The van der Waals surface area contributed by atoms with Crippen molar-refractivity contribution in [3.63, 3.8) is 0 Å². The van der Waals surface area contributed by atoms with E-state index >= 15 is 0 Å². The van der Waals surface area contributed by atoms with Crippen LogP contribution in [0.1, 0.15) is 34.9 Å². The van der Waals surface area contributed by atoms with E-state index in [1.54, 1.807) is 0 Å². The predicted octanol–water partition coefficient (Wildman–Crippen LogP) is 4.85. The standard InChI is InChI=1S/C25H24N4O2/c1-17-7-10-22(31-17)14-28-25(30)23-11-20(16-29(23)15-18-8-9-18)21-12-26-24(27-13-21)19-5-3-2-4-6-19/h2-7,10-13,16,18H,8-9,14-15H2,1H3,(H,28,30). The van der Waals surface area contributed by atoms with Gasteiger partial charge in [-0.25, -0.2) is 9.97 Å². The minimum absolute atomic E-state index is 0.109. The molecule has 1 amide bonds. The van der Waals surface area contributed by atoms with Crippen LogP contribution < -0.4 is 5.32 Å². The van der Waals surface area contributed by atoms with Crippen molar-refractivity contribution < 1.29 is 9.21 Å². The molecule has 0 radical (unpaired) electrons. The van der Waals surface area contributed by atoms with E-state index in [4.69, 9.17) is 4.42 Å². The molecule has 1 aliphatic rings. The number of carbonyl (C=O) groups excluding carboxylic acids is 1. The van der Waals surface area contributed by atoms with Crippen LogP contribution in [-0.2, 0) is 13.1 Å². The van der Waals surface area contributed by atoms with Crippen molar-refractivity contribution in [2.45, 2.75) is 32.9 Å². The van der Waals surface area contributed by atoms with Gasteiger partial charge in [0.15, 0.2) is 5.82 Å². The van der Waals surface area contributed by atoms with Gasteiger partial charge in [-0.05, 0) is 43.9 Å². The molecule has 0 unspecified atom stereocenters. The van der Waals surface area contributed by atoms with Crippen LogP contribution in [0.15, 0.2) is 71.5 Å².